The van der Waals surface area contributed by atoms with Crippen LogP contribution in [0.5, 0.6) is 0 Å². The fourth-order valence-electron chi connectivity index (χ4n) is 0.906. The molecule has 2 N–H and O–H groups in total. The highest BCUT2D eigenvalue weighted by Crippen LogP contribution is 1.85. The first-order valence-electron chi connectivity index (χ1n) is 3.22. The van der Waals surface area contributed by atoms with Crippen LogP contribution in [0.4, 0.5) is 4.79 Å². The lowest BCUT2D eigenvalue weighted by Crippen LogP contribution is -2.51. The second kappa shape index (κ2) is 3.38. The fraction of sp³-hybridized carbons (Fsp3) is 0.800. The van der Waals surface area contributed by atoms with Crippen LogP contribution in [0.3, 0.4) is 0 Å². The smallest absolute Gasteiger partial charge is 0.314 e. The number of hydrazine groups is 1. The van der Waals surface area contributed by atoms with Gasteiger partial charge in [-0.15, -0.1) is 0 Å². The third kappa shape index (κ3) is 2.20. The molecule has 0 aromatic carbocycles. The lowest BCUT2D eigenvalue weighted by molar-refractivity contribution is 0.112. The molecule has 5 heteroatoms. The Balaban J connectivity index is 2.19. The van der Waals surface area contributed by atoms with E-state index in [-0.39, 0.29) is 0 Å². The molecular weight excluding hydrogens is 134 g/mol. The Morgan fingerprint density at radius 3 is 2.50 bits per heavy atom. The summed E-state index contributed by atoms with van der Waals surface area (Å²) in [5, 5.41) is 14.7. The number of rotatable bonds is 1. The first kappa shape index (κ1) is 7.30. The summed E-state index contributed by atoms with van der Waals surface area (Å²) < 4.78 is 0. The zero-order valence-electron chi connectivity index (χ0n) is 5.59. The minimum Gasteiger partial charge on any atom is -0.314 e. The van der Waals surface area contributed by atoms with Crippen LogP contribution in [-0.2, 0) is 5.11 Å². The largest absolute Gasteiger partial charge is 0.464 e. The molecule has 0 aromatic rings. The maximum atomic E-state index is 9.98. The number of hydrogen-bond donors (Lipinski definition) is 2. The summed E-state index contributed by atoms with van der Waals surface area (Å²) in [6, 6.07) is 0. The average molecular weight is 144 g/mol. The molecular formula is C5H10N3O2. The number of amides is 1. The summed E-state index contributed by atoms with van der Waals surface area (Å²) in [4.78, 5) is 9.98. The van der Waals surface area contributed by atoms with E-state index in [1.54, 1.807) is 5.01 Å². The molecule has 10 heavy (non-hydrogen) atoms. The Morgan fingerprint density at radius 2 is 2.00 bits per heavy atom. The maximum Gasteiger partial charge on any atom is 0.464 e. The van der Waals surface area contributed by atoms with E-state index in [1.807, 2.05) is 0 Å². The van der Waals surface area contributed by atoms with E-state index in [0.29, 0.717) is 13.1 Å². The van der Waals surface area contributed by atoms with Gasteiger partial charge in [0.2, 0.25) is 0 Å². The standard InChI is InChI=1S/C5H10N3O2/c9-5(10)7-8-3-1-6-2-4-8/h6-7H,1-4H2. The van der Waals surface area contributed by atoms with Gasteiger partial charge in [0.15, 0.2) is 0 Å². The molecule has 0 atom stereocenters. The van der Waals surface area contributed by atoms with Crippen molar-refractivity contribution in [2.45, 2.75) is 0 Å². The van der Waals surface area contributed by atoms with E-state index in [0.717, 1.165) is 13.1 Å². The lowest BCUT2D eigenvalue weighted by Gasteiger charge is -2.25. The Kier molecular flexibility index (Phi) is 2.47. The van der Waals surface area contributed by atoms with Gasteiger partial charge in [-0.1, -0.05) is 0 Å². The van der Waals surface area contributed by atoms with Gasteiger partial charge in [-0.05, 0) is 0 Å². The summed E-state index contributed by atoms with van der Waals surface area (Å²) in [5.41, 5.74) is 2.18. The zero-order chi connectivity index (χ0) is 7.40. The van der Waals surface area contributed by atoms with Crippen molar-refractivity contribution in [1.82, 2.24) is 15.8 Å². The maximum absolute atomic E-state index is 9.98. The second-order valence-corrected chi connectivity index (χ2v) is 2.14. The molecule has 5 nitrogen and oxygen atoms in total. The number of nitrogens with zero attached hydrogens (tertiary/aromatic N) is 1. The molecule has 1 fully saturated rings. The molecule has 1 amide bonds. The molecule has 0 unspecified atom stereocenters. The van der Waals surface area contributed by atoms with Crippen molar-refractivity contribution in [3.8, 4) is 0 Å². The van der Waals surface area contributed by atoms with Crippen molar-refractivity contribution in [2.24, 2.45) is 0 Å². The van der Waals surface area contributed by atoms with Crippen molar-refractivity contribution in [1.29, 1.82) is 0 Å². The third-order valence-corrected chi connectivity index (χ3v) is 1.37. The summed E-state index contributed by atoms with van der Waals surface area (Å²) >= 11 is 0. The first-order chi connectivity index (χ1) is 4.79. The molecule has 1 saturated heterocycles. The van der Waals surface area contributed by atoms with Crippen LogP contribution in [0.2, 0.25) is 0 Å². The van der Waals surface area contributed by atoms with E-state index in [2.05, 4.69) is 10.7 Å². The minimum atomic E-state index is -1.23. The number of nitrogens with one attached hydrogen (secondary N) is 2. The SMILES string of the molecule is [O]C(=O)NN1CCNCC1. The Morgan fingerprint density at radius 1 is 1.40 bits per heavy atom. The predicted octanol–water partition coefficient (Wildman–Crippen LogP) is -1.05. The van der Waals surface area contributed by atoms with Crippen molar-refractivity contribution >= 4 is 6.09 Å². The molecule has 1 rings (SSSR count). The number of carbonyl (C=O) groups excluding carboxylic acids is 1. The van der Waals surface area contributed by atoms with Gasteiger partial charge in [0.25, 0.3) is 0 Å². The van der Waals surface area contributed by atoms with Crippen LogP contribution in [0, 0.1) is 0 Å². The van der Waals surface area contributed by atoms with Gasteiger partial charge in [0, 0.05) is 26.2 Å². The first-order valence-corrected chi connectivity index (χ1v) is 3.22. The molecule has 57 valence electrons. The van der Waals surface area contributed by atoms with E-state index in [9.17, 15) is 9.90 Å². The quantitative estimate of drug-likeness (QED) is 0.493. The molecule has 1 aliphatic rings. The fourth-order valence-corrected chi connectivity index (χ4v) is 0.906. The van der Waals surface area contributed by atoms with Crippen LogP contribution in [-0.4, -0.2) is 37.3 Å². The van der Waals surface area contributed by atoms with Crippen molar-refractivity contribution in [3.63, 3.8) is 0 Å². The third-order valence-electron chi connectivity index (χ3n) is 1.37. The topological polar surface area (TPSA) is 64.3 Å². The molecule has 0 aromatic heterocycles. The summed E-state index contributed by atoms with van der Waals surface area (Å²) in [5.74, 6) is 0. The van der Waals surface area contributed by atoms with E-state index in [1.165, 1.54) is 0 Å². The van der Waals surface area contributed by atoms with Gasteiger partial charge in [-0.2, -0.15) is 0 Å². The van der Waals surface area contributed by atoms with Gasteiger partial charge < -0.3 is 5.32 Å². The van der Waals surface area contributed by atoms with Crippen molar-refractivity contribution in [3.05, 3.63) is 0 Å². The van der Waals surface area contributed by atoms with Crippen LogP contribution < -0.4 is 10.7 Å². The van der Waals surface area contributed by atoms with Crippen LogP contribution in [0.15, 0.2) is 0 Å². The second-order valence-electron chi connectivity index (χ2n) is 2.14. The van der Waals surface area contributed by atoms with Crippen LogP contribution >= 0.6 is 0 Å². The van der Waals surface area contributed by atoms with E-state index in [4.69, 9.17) is 0 Å². The number of hydrogen-bond acceptors (Lipinski definition) is 3. The molecule has 1 heterocycles. The Bertz CT molecular complexity index is 122. The van der Waals surface area contributed by atoms with Crippen LogP contribution in [0.25, 0.3) is 0 Å². The normalized spacial score (nSPS) is 20.4. The molecule has 0 saturated carbocycles. The van der Waals surface area contributed by atoms with E-state index < -0.39 is 6.09 Å². The van der Waals surface area contributed by atoms with Crippen molar-refractivity contribution < 1.29 is 9.90 Å². The average Bonchev–Trinajstić information content (AvgIpc) is 1.88. The van der Waals surface area contributed by atoms with Gasteiger partial charge in [-0.25, -0.2) is 14.9 Å². The monoisotopic (exact) mass is 144 g/mol. The minimum absolute atomic E-state index is 0.702. The molecule has 1 radical (unpaired) electrons. The highest BCUT2D eigenvalue weighted by molar-refractivity contribution is 5.63. The summed E-state index contributed by atoms with van der Waals surface area (Å²) in [6.45, 7) is 3.04. The molecule has 0 spiro atoms. The molecule has 0 aliphatic carbocycles. The highest BCUT2D eigenvalue weighted by Gasteiger charge is 2.11. The van der Waals surface area contributed by atoms with E-state index >= 15 is 0 Å². The van der Waals surface area contributed by atoms with Gasteiger partial charge in [0.1, 0.15) is 0 Å². The Hall–Kier alpha value is -0.810. The highest BCUT2D eigenvalue weighted by atomic mass is 16.4. The molecule has 0 bridgehead atoms. The summed E-state index contributed by atoms with van der Waals surface area (Å²) in [7, 11) is 0. The molecule has 1 aliphatic heterocycles. The van der Waals surface area contributed by atoms with Crippen molar-refractivity contribution in [2.75, 3.05) is 26.2 Å². The van der Waals surface area contributed by atoms with Gasteiger partial charge >= 0.3 is 6.09 Å². The predicted molar refractivity (Wildman–Crippen MR) is 33.7 cm³/mol. The van der Waals surface area contributed by atoms with Gasteiger partial charge in [-0.3, -0.25) is 5.43 Å². The Labute approximate surface area is 59.0 Å². The number of carbonyl (C=O) groups is 1. The van der Waals surface area contributed by atoms with Crippen LogP contribution in [0.1, 0.15) is 0 Å². The summed E-state index contributed by atoms with van der Waals surface area (Å²) in [6.07, 6.45) is -1.23. The number of piperazine rings is 1. The zero-order valence-corrected chi connectivity index (χ0v) is 5.59. The lowest BCUT2D eigenvalue weighted by atomic mass is 10.4. The van der Waals surface area contributed by atoms with Gasteiger partial charge in [0.05, 0.1) is 0 Å².